The highest BCUT2D eigenvalue weighted by molar-refractivity contribution is 5.25. The van der Waals surface area contributed by atoms with Crippen molar-refractivity contribution in [2.45, 2.75) is 46.5 Å². The molecule has 0 atom stereocenters. The lowest BCUT2D eigenvalue weighted by molar-refractivity contribution is 0.545. The van der Waals surface area contributed by atoms with Crippen LogP contribution >= 0.6 is 0 Å². The molecule has 0 heteroatoms. The van der Waals surface area contributed by atoms with Crippen molar-refractivity contribution in [2.24, 2.45) is 5.92 Å². The highest BCUT2D eigenvalue weighted by atomic mass is 14.2. The zero-order valence-corrected chi connectivity index (χ0v) is 8.42. The van der Waals surface area contributed by atoms with E-state index in [-0.39, 0.29) is 7.43 Å². The van der Waals surface area contributed by atoms with Gasteiger partial charge in [-0.1, -0.05) is 57.4 Å². The summed E-state index contributed by atoms with van der Waals surface area (Å²) in [4.78, 5) is 0. The summed E-state index contributed by atoms with van der Waals surface area (Å²) in [5, 5.41) is 0. The third-order valence-corrected chi connectivity index (χ3v) is 3.24. The van der Waals surface area contributed by atoms with E-state index < -0.39 is 0 Å². The van der Waals surface area contributed by atoms with E-state index in [0.717, 1.165) is 5.92 Å². The second-order valence-electron chi connectivity index (χ2n) is 4.28. The fourth-order valence-electron chi connectivity index (χ4n) is 2.36. The van der Waals surface area contributed by atoms with Crippen LogP contribution in [0.3, 0.4) is 0 Å². The van der Waals surface area contributed by atoms with Crippen molar-refractivity contribution >= 4 is 0 Å². The van der Waals surface area contributed by atoms with Gasteiger partial charge in [-0.15, -0.1) is 0 Å². The van der Waals surface area contributed by atoms with Gasteiger partial charge in [0.15, 0.2) is 0 Å². The zero-order chi connectivity index (χ0) is 9.10. The Labute approximate surface area is 88.4 Å². The molecule has 1 saturated carbocycles. The molecule has 1 aromatic rings. The highest BCUT2D eigenvalue weighted by Crippen LogP contribution is 2.28. The maximum absolute atomic E-state index is 2.29. The first-order valence-corrected chi connectivity index (χ1v) is 5.41. The van der Waals surface area contributed by atoms with Gasteiger partial charge in [-0.2, -0.15) is 0 Å². The predicted octanol–water partition coefficient (Wildman–Crippen LogP) is 4.36. The maximum Gasteiger partial charge on any atom is -0.0248 e. The molecule has 0 radical (unpaired) electrons. The third kappa shape index (κ3) is 2.60. The largest absolute Gasteiger partial charge is 0.0776 e. The summed E-state index contributed by atoms with van der Waals surface area (Å²) in [5.74, 6) is 0.973. The van der Waals surface area contributed by atoms with E-state index in [9.17, 15) is 0 Å². The molecular formula is C14H22. The Morgan fingerprint density at radius 2 is 1.79 bits per heavy atom. The first kappa shape index (κ1) is 11.3. The number of benzene rings is 1. The van der Waals surface area contributed by atoms with Crippen molar-refractivity contribution in [3.05, 3.63) is 35.4 Å². The van der Waals surface area contributed by atoms with Crippen molar-refractivity contribution in [3.63, 3.8) is 0 Å². The quantitative estimate of drug-likeness (QED) is 0.650. The molecule has 0 heterocycles. The predicted molar refractivity (Wildman–Crippen MR) is 63.6 cm³/mol. The van der Waals surface area contributed by atoms with E-state index >= 15 is 0 Å². The molecule has 0 aliphatic heterocycles. The lowest BCUT2D eigenvalue weighted by Crippen LogP contribution is -2.00. The molecule has 0 nitrogen and oxygen atoms in total. The van der Waals surface area contributed by atoms with E-state index in [2.05, 4.69) is 31.2 Å². The fraction of sp³-hybridized carbons (Fsp3) is 0.571. The molecule has 0 spiro atoms. The van der Waals surface area contributed by atoms with E-state index in [1.165, 1.54) is 37.7 Å². The Bertz CT molecular complexity index is 269. The topological polar surface area (TPSA) is 0 Å². The zero-order valence-electron chi connectivity index (χ0n) is 8.42. The Morgan fingerprint density at radius 3 is 2.43 bits per heavy atom. The van der Waals surface area contributed by atoms with Gasteiger partial charge in [-0.05, 0) is 30.4 Å². The second-order valence-corrected chi connectivity index (χ2v) is 4.28. The molecule has 1 aromatic carbocycles. The van der Waals surface area contributed by atoms with Crippen LogP contribution in [-0.2, 0) is 6.42 Å². The van der Waals surface area contributed by atoms with E-state index in [1.807, 2.05) is 0 Å². The van der Waals surface area contributed by atoms with Gasteiger partial charge in [0.25, 0.3) is 0 Å². The molecule has 2 rings (SSSR count). The van der Waals surface area contributed by atoms with Crippen LogP contribution in [0.2, 0.25) is 0 Å². The molecule has 0 amide bonds. The SMILES string of the molecule is C.Cc1ccccc1CC1CCCC1. The summed E-state index contributed by atoms with van der Waals surface area (Å²) in [7, 11) is 0. The van der Waals surface area contributed by atoms with Crippen molar-refractivity contribution < 1.29 is 0 Å². The molecular weight excluding hydrogens is 168 g/mol. The van der Waals surface area contributed by atoms with Gasteiger partial charge in [0.1, 0.15) is 0 Å². The first-order chi connectivity index (χ1) is 6.36. The minimum atomic E-state index is 0. The number of hydrogen-bond donors (Lipinski definition) is 0. The van der Waals surface area contributed by atoms with Crippen LogP contribution in [0.25, 0.3) is 0 Å². The van der Waals surface area contributed by atoms with Crippen LogP contribution in [0.15, 0.2) is 24.3 Å². The van der Waals surface area contributed by atoms with Gasteiger partial charge in [-0.25, -0.2) is 0 Å². The van der Waals surface area contributed by atoms with Crippen molar-refractivity contribution in [2.75, 3.05) is 0 Å². The minimum Gasteiger partial charge on any atom is -0.0776 e. The van der Waals surface area contributed by atoms with Gasteiger partial charge >= 0.3 is 0 Å². The molecule has 0 aromatic heterocycles. The van der Waals surface area contributed by atoms with Crippen LogP contribution in [0.1, 0.15) is 44.2 Å². The summed E-state index contributed by atoms with van der Waals surface area (Å²) in [6, 6.07) is 8.81. The van der Waals surface area contributed by atoms with Gasteiger partial charge in [0, 0.05) is 0 Å². The molecule has 0 saturated heterocycles. The molecule has 1 aliphatic rings. The minimum absolute atomic E-state index is 0. The van der Waals surface area contributed by atoms with E-state index in [1.54, 1.807) is 5.56 Å². The first-order valence-electron chi connectivity index (χ1n) is 5.41. The van der Waals surface area contributed by atoms with Crippen molar-refractivity contribution in [3.8, 4) is 0 Å². The second kappa shape index (κ2) is 5.19. The van der Waals surface area contributed by atoms with E-state index in [0.29, 0.717) is 0 Å². The van der Waals surface area contributed by atoms with Crippen LogP contribution in [0.5, 0.6) is 0 Å². The normalized spacial score (nSPS) is 16.6. The molecule has 14 heavy (non-hydrogen) atoms. The average Bonchev–Trinajstić information content (AvgIpc) is 2.61. The van der Waals surface area contributed by atoms with Gasteiger partial charge in [-0.3, -0.25) is 0 Å². The third-order valence-electron chi connectivity index (χ3n) is 3.24. The molecule has 0 N–H and O–H groups in total. The summed E-state index contributed by atoms with van der Waals surface area (Å²) >= 11 is 0. The van der Waals surface area contributed by atoms with Crippen LogP contribution in [0, 0.1) is 12.8 Å². The van der Waals surface area contributed by atoms with E-state index in [4.69, 9.17) is 0 Å². The summed E-state index contributed by atoms with van der Waals surface area (Å²) < 4.78 is 0. The van der Waals surface area contributed by atoms with Gasteiger partial charge in [0.05, 0.1) is 0 Å². The van der Waals surface area contributed by atoms with Gasteiger partial charge < -0.3 is 0 Å². The standard InChI is InChI=1S/C13H18.CH4/c1-11-6-2-5-9-13(11)10-12-7-3-4-8-12;/h2,5-6,9,12H,3-4,7-8,10H2,1H3;1H4. The van der Waals surface area contributed by atoms with Gasteiger partial charge in [0.2, 0.25) is 0 Å². The smallest absolute Gasteiger partial charge is 0.0248 e. The molecule has 1 aliphatic carbocycles. The van der Waals surface area contributed by atoms with Crippen LogP contribution < -0.4 is 0 Å². The monoisotopic (exact) mass is 190 g/mol. The maximum atomic E-state index is 2.29. The lowest BCUT2D eigenvalue weighted by Gasteiger charge is -2.10. The number of hydrogen-bond acceptors (Lipinski definition) is 0. The van der Waals surface area contributed by atoms with Crippen LogP contribution in [0.4, 0.5) is 0 Å². The Hall–Kier alpha value is -0.780. The Morgan fingerprint density at radius 1 is 1.14 bits per heavy atom. The van der Waals surface area contributed by atoms with Crippen molar-refractivity contribution in [1.29, 1.82) is 0 Å². The number of aryl methyl sites for hydroxylation is 1. The Balaban J connectivity index is 0.000000980. The fourth-order valence-corrected chi connectivity index (χ4v) is 2.36. The highest BCUT2D eigenvalue weighted by Gasteiger charge is 2.15. The summed E-state index contributed by atoms with van der Waals surface area (Å²) in [6.45, 7) is 2.23. The lowest BCUT2D eigenvalue weighted by atomic mass is 9.95. The van der Waals surface area contributed by atoms with Crippen molar-refractivity contribution in [1.82, 2.24) is 0 Å². The molecule has 78 valence electrons. The number of rotatable bonds is 2. The molecule has 1 fully saturated rings. The molecule has 0 unspecified atom stereocenters. The molecule has 0 bridgehead atoms. The summed E-state index contributed by atoms with van der Waals surface area (Å²) in [5.41, 5.74) is 3.03. The average molecular weight is 190 g/mol. The Kier molecular flexibility index (Phi) is 4.19. The summed E-state index contributed by atoms with van der Waals surface area (Å²) in [6.07, 6.45) is 7.13. The van der Waals surface area contributed by atoms with Crippen LogP contribution in [-0.4, -0.2) is 0 Å².